The standard InChI is InChI=1S/C15H16O3/c1-17-14-9-5-7-12(15(14)18-2)10-11-6-3-4-8-13(11)16/h4-5,7-10H,3,6H2,1-2H3/b11-10+. The van der Waals surface area contributed by atoms with Crippen LogP contribution in [0.25, 0.3) is 6.08 Å². The highest BCUT2D eigenvalue weighted by molar-refractivity contribution is 6.08. The van der Waals surface area contributed by atoms with Crippen LogP contribution in [0.1, 0.15) is 18.4 Å². The second-order valence-corrected chi connectivity index (χ2v) is 4.06. The second kappa shape index (κ2) is 5.54. The van der Waals surface area contributed by atoms with Crippen molar-refractivity contribution in [1.29, 1.82) is 0 Å². The Morgan fingerprint density at radius 2 is 2.06 bits per heavy atom. The van der Waals surface area contributed by atoms with E-state index in [1.807, 2.05) is 30.4 Å². The normalized spacial score (nSPS) is 17.0. The van der Waals surface area contributed by atoms with Gasteiger partial charge in [-0.3, -0.25) is 4.79 Å². The van der Waals surface area contributed by atoms with Gasteiger partial charge in [0.05, 0.1) is 14.2 Å². The van der Waals surface area contributed by atoms with E-state index in [0.29, 0.717) is 11.5 Å². The smallest absolute Gasteiger partial charge is 0.181 e. The van der Waals surface area contributed by atoms with Gasteiger partial charge in [-0.2, -0.15) is 0 Å². The largest absolute Gasteiger partial charge is 0.493 e. The summed E-state index contributed by atoms with van der Waals surface area (Å²) in [4.78, 5) is 11.7. The van der Waals surface area contributed by atoms with Gasteiger partial charge in [-0.1, -0.05) is 18.2 Å². The Morgan fingerprint density at radius 1 is 1.22 bits per heavy atom. The molecule has 1 aliphatic carbocycles. The molecule has 0 saturated carbocycles. The van der Waals surface area contributed by atoms with Crippen LogP contribution >= 0.6 is 0 Å². The van der Waals surface area contributed by atoms with Crippen molar-refractivity contribution >= 4 is 11.9 Å². The number of para-hydroxylation sites is 1. The summed E-state index contributed by atoms with van der Waals surface area (Å²) in [6.07, 6.45) is 7.09. The fraction of sp³-hybridized carbons (Fsp3) is 0.267. The number of methoxy groups -OCH3 is 2. The predicted octanol–water partition coefficient (Wildman–Crippen LogP) is 3.01. The van der Waals surface area contributed by atoms with Crippen molar-refractivity contribution in [2.75, 3.05) is 14.2 Å². The van der Waals surface area contributed by atoms with Crippen LogP contribution in [0.2, 0.25) is 0 Å². The Bertz CT molecular complexity index is 512. The van der Waals surface area contributed by atoms with Crippen molar-refractivity contribution in [2.24, 2.45) is 0 Å². The summed E-state index contributed by atoms with van der Waals surface area (Å²) in [5.74, 6) is 1.41. The average Bonchev–Trinajstić information content (AvgIpc) is 2.41. The lowest BCUT2D eigenvalue weighted by molar-refractivity contribution is -0.111. The van der Waals surface area contributed by atoms with Gasteiger partial charge in [0.1, 0.15) is 0 Å². The molecule has 0 radical (unpaired) electrons. The third kappa shape index (κ3) is 2.45. The number of allylic oxidation sites excluding steroid dienone is 3. The topological polar surface area (TPSA) is 35.5 Å². The minimum absolute atomic E-state index is 0.0751. The zero-order valence-corrected chi connectivity index (χ0v) is 10.6. The fourth-order valence-electron chi connectivity index (χ4n) is 2.02. The molecule has 3 nitrogen and oxygen atoms in total. The minimum atomic E-state index is 0.0751. The van der Waals surface area contributed by atoms with E-state index in [1.54, 1.807) is 20.3 Å². The highest BCUT2D eigenvalue weighted by Crippen LogP contribution is 2.33. The zero-order chi connectivity index (χ0) is 13.0. The summed E-state index contributed by atoms with van der Waals surface area (Å²) in [5.41, 5.74) is 1.68. The summed E-state index contributed by atoms with van der Waals surface area (Å²) in [6, 6.07) is 5.64. The molecule has 0 saturated heterocycles. The zero-order valence-electron chi connectivity index (χ0n) is 10.6. The van der Waals surface area contributed by atoms with Crippen LogP contribution in [-0.4, -0.2) is 20.0 Å². The summed E-state index contributed by atoms with van der Waals surface area (Å²) >= 11 is 0. The molecule has 3 heteroatoms. The number of carbonyl (C=O) groups is 1. The number of hydrogen-bond acceptors (Lipinski definition) is 3. The molecule has 0 aliphatic heterocycles. The second-order valence-electron chi connectivity index (χ2n) is 4.06. The van der Waals surface area contributed by atoms with Gasteiger partial charge in [-0.25, -0.2) is 0 Å². The van der Waals surface area contributed by atoms with Crippen molar-refractivity contribution in [1.82, 2.24) is 0 Å². The summed E-state index contributed by atoms with van der Waals surface area (Å²) in [6.45, 7) is 0. The first-order valence-electron chi connectivity index (χ1n) is 5.88. The first-order valence-corrected chi connectivity index (χ1v) is 5.88. The van der Waals surface area contributed by atoms with Crippen molar-refractivity contribution in [2.45, 2.75) is 12.8 Å². The molecule has 1 aromatic rings. The maximum absolute atomic E-state index is 11.7. The van der Waals surface area contributed by atoms with Gasteiger partial charge >= 0.3 is 0 Å². The molecule has 18 heavy (non-hydrogen) atoms. The van der Waals surface area contributed by atoms with Crippen molar-refractivity contribution in [3.8, 4) is 11.5 Å². The Morgan fingerprint density at radius 3 is 2.72 bits per heavy atom. The number of benzene rings is 1. The van der Waals surface area contributed by atoms with E-state index in [4.69, 9.17) is 9.47 Å². The average molecular weight is 244 g/mol. The summed E-state index contributed by atoms with van der Waals surface area (Å²) in [5, 5.41) is 0. The van der Waals surface area contributed by atoms with Crippen LogP contribution in [0.5, 0.6) is 11.5 Å². The Hall–Kier alpha value is -2.03. The SMILES string of the molecule is COc1cccc(/C=C2\CCC=CC2=O)c1OC. The van der Waals surface area contributed by atoms with Gasteiger partial charge in [0, 0.05) is 11.1 Å². The number of hydrogen-bond donors (Lipinski definition) is 0. The number of ether oxygens (including phenoxy) is 2. The molecule has 0 unspecified atom stereocenters. The van der Waals surface area contributed by atoms with E-state index in [2.05, 4.69) is 0 Å². The molecular weight excluding hydrogens is 228 g/mol. The highest BCUT2D eigenvalue weighted by atomic mass is 16.5. The number of ketones is 1. The van der Waals surface area contributed by atoms with Gasteiger partial charge in [-0.05, 0) is 31.1 Å². The maximum Gasteiger partial charge on any atom is 0.181 e. The number of carbonyl (C=O) groups excluding carboxylic acids is 1. The monoisotopic (exact) mass is 244 g/mol. The molecule has 2 rings (SSSR count). The van der Waals surface area contributed by atoms with Crippen LogP contribution < -0.4 is 9.47 Å². The number of rotatable bonds is 3. The van der Waals surface area contributed by atoms with Gasteiger partial charge in [-0.15, -0.1) is 0 Å². The molecule has 1 aliphatic rings. The van der Waals surface area contributed by atoms with E-state index in [1.165, 1.54) is 0 Å². The molecule has 0 heterocycles. The molecule has 0 bridgehead atoms. The van der Waals surface area contributed by atoms with Gasteiger partial charge in [0.15, 0.2) is 17.3 Å². The first-order chi connectivity index (χ1) is 8.76. The summed E-state index contributed by atoms with van der Waals surface area (Å²) < 4.78 is 10.6. The Labute approximate surface area is 107 Å². The lowest BCUT2D eigenvalue weighted by atomic mass is 9.97. The molecular formula is C15H16O3. The van der Waals surface area contributed by atoms with Crippen LogP contribution in [0.3, 0.4) is 0 Å². The molecule has 0 aromatic heterocycles. The highest BCUT2D eigenvalue weighted by Gasteiger charge is 2.13. The summed E-state index contributed by atoms with van der Waals surface area (Å²) in [7, 11) is 3.20. The van der Waals surface area contributed by atoms with Gasteiger partial charge in [0.2, 0.25) is 0 Å². The van der Waals surface area contributed by atoms with E-state index in [0.717, 1.165) is 24.0 Å². The molecule has 0 atom stereocenters. The molecule has 1 aromatic carbocycles. The van der Waals surface area contributed by atoms with Crippen LogP contribution in [0.15, 0.2) is 35.9 Å². The molecule has 94 valence electrons. The lowest BCUT2D eigenvalue weighted by Crippen LogP contribution is -2.03. The van der Waals surface area contributed by atoms with Crippen LogP contribution in [0, 0.1) is 0 Å². The first kappa shape index (κ1) is 12.4. The third-order valence-corrected chi connectivity index (χ3v) is 2.93. The van der Waals surface area contributed by atoms with E-state index < -0.39 is 0 Å². The Balaban J connectivity index is 2.42. The van der Waals surface area contributed by atoms with E-state index in [9.17, 15) is 4.79 Å². The Kier molecular flexibility index (Phi) is 3.82. The maximum atomic E-state index is 11.7. The van der Waals surface area contributed by atoms with Crippen molar-refractivity contribution in [3.63, 3.8) is 0 Å². The minimum Gasteiger partial charge on any atom is -0.493 e. The van der Waals surface area contributed by atoms with E-state index >= 15 is 0 Å². The quantitative estimate of drug-likeness (QED) is 0.767. The van der Waals surface area contributed by atoms with Crippen molar-refractivity contribution < 1.29 is 14.3 Å². The van der Waals surface area contributed by atoms with Gasteiger partial charge in [0.25, 0.3) is 0 Å². The molecule has 0 amide bonds. The molecule has 0 fully saturated rings. The van der Waals surface area contributed by atoms with Crippen LogP contribution in [0.4, 0.5) is 0 Å². The van der Waals surface area contributed by atoms with Crippen LogP contribution in [-0.2, 0) is 4.79 Å². The van der Waals surface area contributed by atoms with E-state index in [-0.39, 0.29) is 5.78 Å². The van der Waals surface area contributed by atoms with Gasteiger partial charge < -0.3 is 9.47 Å². The third-order valence-electron chi connectivity index (χ3n) is 2.93. The molecule has 0 N–H and O–H groups in total. The fourth-order valence-corrected chi connectivity index (χ4v) is 2.02. The van der Waals surface area contributed by atoms with Crippen molar-refractivity contribution in [3.05, 3.63) is 41.5 Å². The predicted molar refractivity (Wildman–Crippen MR) is 70.9 cm³/mol. The lowest BCUT2D eigenvalue weighted by Gasteiger charge is -2.12. The molecule has 0 spiro atoms.